The smallest absolute Gasteiger partial charge is 0.324 e. The van der Waals surface area contributed by atoms with Gasteiger partial charge in [0.15, 0.2) is 0 Å². The van der Waals surface area contributed by atoms with Gasteiger partial charge in [0.05, 0.1) is 32.1 Å². The first-order chi connectivity index (χ1) is 20.9. The van der Waals surface area contributed by atoms with E-state index in [9.17, 15) is 14.0 Å². The molecule has 6 nitrogen and oxygen atoms in total. The Bertz CT molecular complexity index is 846. The molecule has 1 N–H and O–H groups in total. The van der Waals surface area contributed by atoms with Crippen molar-refractivity contribution in [3.05, 3.63) is 35.9 Å². The summed E-state index contributed by atoms with van der Waals surface area (Å²) in [6.45, 7) is 1.23. The molecule has 1 rings (SSSR count). The number of hydrogen-bond donors (Lipinski definition) is 1. The van der Waals surface area contributed by atoms with Gasteiger partial charge >= 0.3 is 15.2 Å². The lowest BCUT2D eigenvalue weighted by Gasteiger charge is -2.18. The summed E-state index contributed by atoms with van der Waals surface area (Å²) >= 11 is 6.55. The zero-order valence-electron chi connectivity index (χ0n) is 26.6. The van der Waals surface area contributed by atoms with E-state index in [1.165, 1.54) is 103 Å². The van der Waals surface area contributed by atoms with Gasteiger partial charge in [-0.15, -0.1) is 0 Å². The molecule has 2 unspecified atom stereocenters. The van der Waals surface area contributed by atoms with Crippen molar-refractivity contribution in [2.24, 2.45) is 0 Å². The summed E-state index contributed by atoms with van der Waals surface area (Å²) in [4.78, 5) is 9.53. The molecule has 0 bridgehead atoms. The standard InChI is InChI=1S/C33H60Br2O6P2/c34-26-30-42(36,37)39-28-22-17-15-13-11-9-7-5-3-1-2-4-6-8-10-12-14-16-18-23-29-40-43(38,31-27-35)41-32-33-24-20-19-21-25-33/h19-21,24-25H,1-18,22-23,26-32H2,(H,36,37). The lowest BCUT2D eigenvalue weighted by molar-refractivity contribution is 0.195. The Balaban J connectivity index is 1.80. The molecule has 1 aromatic rings. The molecule has 0 fully saturated rings. The van der Waals surface area contributed by atoms with Crippen LogP contribution in [-0.2, 0) is 29.3 Å². The molecule has 0 aliphatic rings. The number of hydrogen-bond acceptors (Lipinski definition) is 5. The number of halogens is 2. The van der Waals surface area contributed by atoms with E-state index >= 15 is 0 Å². The first-order valence-electron chi connectivity index (χ1n) is 16.9. The number of unbranched alkanes of at least 4 members (excludes halogenated alkanes) is 19. The molecule has 2 atom stereocenters. The summed E-state index contributed by atoms with van der Waals surface area (Å²) in [7, 11) is -6.41. The summed E-state index contributed by atoms with van der Waals surface area (Å²) in [5.74, 6) is 0. The third-order valence-corrected chi connectivity index (χ3v) is 12.9. The Morgan fingerprint density at radius 1 is 0.512 bits per heavy atom. The third kappa shape index (κ3) is 26.3. The Hall–Kier alpha value is 0.480. The van der Waals surface area contributed by atoms with E-state index in [-0.39, 0.29) is 6.16 Å². The molecular weight excluding hydrogens is 714 g/mol. The largest absolute Gasteiger partial charge is 0.331 e. The van der Waals surface area contributed by atoms with Crippen LogP contribution in [0.1, 0.15) is 134 Å². The summed E-state index contributed by atoms with van der Waals surface area (Å²) < 4.78 is 41.1. The summed E-state index contributed by atoms with van der Waals surface area (Å²) in [5.41, 5.74) is 1.01. The van der Waals surface area contributed by atoms with E-state index in [4.69, 9.17) is 13.6 Å². The second-order valence-corrected chi connectivity index (χ2v) is 17.3. The van der Waals surface area contributed by atoms with E-state index in [0.29, 0.717) is 36.6 Å². The van der Waals surface area contributed by atoms with Crippen LogP contribution in [0.4, 0.5) is 0 Å². The Kier molecular flexibility index (Phi) is 27.7. The van der Waals surface area contributed by atoms with Crippen LogP contribution in [0.15, 0.2) is 30.3 Å². The average Bonchev–Trinajstić information content (AvgIpc) is 2.99. The summed E-state index contributed by atoms with van der Waals surface area (Å²) in [5, 5.41) is 1.11. The van der Waals surface area contributed by atoms with Crippen LogP contribution >= 0.6 is 47.1 Å². The Labute approximate surface area is 280 Å². The van der Waals surface area contributed by atoms with Crippen LogP contribution < -0.4 is 0 Å². The maximum atomic E-state index is 12.9. The highest BCUT2D eigenvalue weighted by Gasteiger charge is 2.23. The highest BCUT2D eigenvalue weighted by molar-refractivity contribution is 9.09. The summed E-state index contributed by atoms with van der Waals surface area (Å²) in [6.07, 6.45) is 25.8. The molecule has 0 radical (unpaired) electrons. The molecular formula is C33H60Br2O6P2. The molecule has 1 aromatic carbocycles. The molecule has 0 heterocycles. The Morgan fingerprint density at radius 3 is 1.28 bits per heavy atom. The molecule has 0 saturated carbocycles. The van der Waals surface area contributed by atoms with Crippen molar-refractivity contribution < 1.29 is 27.6 Å². The molecule has 43 heavy (non-hydrogen) atoms. The van der Waals surface area contributed by atoms with Crippen LogP contribution in [0.2, 0.25) is 0 Å². The first kappa shape index (κ1) is 41.5. The van der Waals surface area contributed by atoms with Gasteiger partial charge in [0.1, 0.15) is 0 Å². The second kappa shape index (κ2) is 28.7. The molecule has 0 aliphatic heterocycles. The van der Waals surface area contributed by atoms with E-state index in [1.54, 1.807) is 0 Å². The second-order valence-electron chi connectivity index (χ2n) is 11.6. The van der Waals surface area contributed by atoms with Gasteiger partial charge in [-0.3, -0.25) is 9.13 Å². The number of rotatable bonds is 32. The van der Waals surface area contributed by atoms with Gasteiger partial charge in [-0.2, -0.15) is 0 Å². The Morgan fingerprint density at radius 2 is 0.884 bits per heavy atom. The van der Waals surface area contributed by atoms with Gasteiger partial charge in [-0.25, -0.2) is 0 Å². The molecule has 0 spiro atoms. The van der Waals surface area contributed by atoms with Gasteiger partial charge in [0, 0.05) is 10.7 Å². The van der Waals surface area contributed by atoms with E-state index < -0.39 is 15.2 Å². The average molecular weight is 775 g/mol. The quantitative estimate of drug-likeness (QED) is 0.0446. The van der Waals surface area contributed by atoms with Crippen molar-refractivity contribution >= 4 is 47.1 Å². The van der Waals surface area contributed by atoms with Crippen LogP contribution in [0.5, 0.6) is 0 Å². The van der Waals surface area contributed by atoms with Crippen molar-refractivity contribution in [2.75, 3.05) is 36.2 Å². The molecule has 0 aromatic heterocycles. The van der Waals surface area contributed by atoms with Crippen molar-refractivity contribution in [2.45, 2.75) is 135 Å². The van der Waals surface area contributed by atoms with Crippen molar-refractivity contribution in [1.82, 2.24) is 0 Å². The minimum Gasteiger partial charge on any atom is -0.324 e. The normalized spacial score (nSPS) is 14.5. The monoisotopic (exact) mass is 772 g/mol. The van der Waals surface area contributed by atoms with Crippen molar-refractivity contribution in [3.8, 4) is 0 Å². The maximum absolute atomic E-state index is 12.9. The SMILES string of the molecule is O=P(O)(CCBr)OCCCCCCCCCCCCCCCCCCCCCCOP(=O)(CCBr)OCc1ccccc1. The van der Waals surface area contributed by atoms with Gasteiger partial charge in [-0.1, -0.05) is 178 Å². The fraction of sp³-hybridized carbons (Fsp3) is 0.818. The van der Waals surface area contributed by atoms with Crippen molar-refractivity contribution in [1.29, 1.82) is 0 Å². The third-order valence-electron chi connectivity index (χ3n) is 7.62. The van der Waals surface area contributed by atoms with Crippen LogP contribution in [0.25, 0.3) is 0 Å². The zero-order valence-corrected chi connectivity index (χ0v) is 31.6. The molecule has 252 valence electrons. The molecule has 0 amide bonds. The predicted octanol–water partition coefficient (Wildman–Crippen LogP) is 12.2. The van der Waals surface area contributed by atoms with E-state index in [0.717, 1.165) is 31.2 Å². The van der Waals surface area contributed by atoms with Gasteiger partial charge in [0.25, 0.3) is 0 Å². The summed E-state index contributed by atoms with van der Waals surface area (Å²) in [6, 6.07) is 9.83. The van der Waals surface area contributed by atoms with Crippen LogP contribution in [0.3, 0.4) is 0 Å². The number of benzene rings is 1. The number of alkyl halides is 2. The zero-order chi connectivity index (χ0) is 31.3. The van der Waals surface area contributed by atoms with Gasteiger partial charge < -0.3 is 18.5 Å². The topological polar surface area (TPSA) is 82.1 Å². The highest BCUT2D eigenvalue weighted by atomic mass is 79.9. The van der Waals surface area contributed by atoms with E-state index in [2.05, 4.69) is 31.9 Å². The van der Waals surface area contributed by atoms with Crippen LogP contribution in [-0.4, -0.2) is 41.1 Å². The van der Waals surface area contributed by atoms with Crippen LogP contribution in [0, 0.1) is 0 Å². The molecule has 10 heteroatoms. The van der Waals surface area contributed by atoms with Gasteiger partial charge in [-0.05, 0) is 18.4 Å². The minimum atomic E-state index is -3.36. The fourth-order valence-corrected chi connectivity index (χ4v) is 9.68. The lowest BCUT2D eigenvalue weighted by Crippen LogP contribution is -2.03. The lowest BCUT2D eigenvalue weighted by atomic mass is 10.0. The minimum absolute atomic E-state index is 0.186. The van der Waals surface area contributed by atoms with Gasteiger partial charge in [0.2, 0.25) is 0 Å². The predicted molar refractivity (Wildman–Crippen MR) is 190 cm³/mol. The highest BCUT2D eigenvalue weighted by Crippen LogP contribution is 2.49. The fourth-order valence-electron chi connectivity index (χ4n) is 4.99. The molecule has 0 saturated heterocycles. The first-order valence-corrected chi connectivity index (χ1v) is 22.6. The molecule has 0 aliphatic carbocycles. The van der Waals surface area contributed by atoms with E-state index in [1.807, 2.05) is 30.3 Å². The maximum Gasteiger partial charge on any atom is 0.331 e. The van der Waals surface area contributed by atoms with Crippen molar-refractivity contribution in [3.63, 3.8) is 0 Å².